The van der Waals surface area contributed by atoms with E-state index in [1.54, 1.807) is 0 Å². The summed E-state index contributed by atoms with van der Waals surface area (Å²) in [7, 11) is 0. The minimum absolute atomic E-state index is 0.252. The van der Waals surface area contributed by atoms with Crippen LogP contribution in [0.15, 0.2) is 12.2 Å². The number of carboxylic acid groups (broad SMARTS) is 1. The molecule has 0 fully saturated rings. The molecule has 0 saturated heterocycles. The van der Waals surface area contributed by atoms with E-state index < -0.39 is 5.97 Å². The molecule has 0 bridgehead atoms. The SMILES string of the molecule is CCCCCCCCCCCCCCCCCCC(C)C=CCCC(=O)O. The molecule has 1 N–H and O–H groups in total. The highest BCUT2D eigenvalue weighted by Gasteiger charge is 1.99. The van der Waals surface area contributed by atoms with Gasteiger partial charge in [0.1, 0.15) is 0 Å². The van der Waals surface area contributed by atoms with Crippen LogP contribution in [0.1, 0.15) is 136 Å². The van der Waals surface area contributed by atoms with Crippen LogP contribution in [0.5, 0.6) is 0 Å². The number of rotatable bonds is 21. The Bertz CT molecular complexity index is 335. The summed E-state index contributed by atoms with van der Waals surface area (Å²) in [6.07, 6.45) is 29.0. The molecule has 2 heteroatoms. The van der Waals surface area contributed by atoms with Crippen molar-refractivity contribution in [1.29, 1.82) is 0 Å². The molecule has 0 aromatic carbocycles. The molecule has 1 atom stereocenters. The fourth-order valence-electron chi connectivity index (χ4n) is 3.65. The van der Waals surface area contributed by atoms with E-state index in [2.05, 4.69) is 19.9 Å². The van der Waals surface area contributed by atoms with Gasteiger partial charge >= 0.3 is 5.97 Å². The fraction of sp³-hybridized carbons (Fsp3) is 0.880. The molecular formula is C25H48O2. The average Bonchev–Trinajstić information content (AvgIpc) is 2.64. The van der Waals surface area contributed by atoms with Gasteiger partial charge in [-0.15, -0.1) is 0 Å². The molecule has 2 nitrogen and oxygen atoms in total. The monoisotopic (exact) mass is 380 g/mol. The third-order valence-corrected chi connectivity index (χ3v) is 5.50. The molecule has 0 radical (unpaired) electrons. The highest BCUT2D eigenvalue weighted by Crippen LogP contribution is 2.15. The second kappa shape index (κ2) is 21.5. The van der Waals surface area contributed by atoms with Crippen LogP contribution < -0.4 is 0 Å². The molecule has 0 saturated carbocycles. The normalized spacial score (nSPS) is 12.7. The van der Waals surface area contributed by atoms with E-state index in [9.17, 15) is 4.79 Å². The van der Waals surface area contributed by atoms with Crippen molar-refractivity contribution in [3.63, 3.8) is 0 Å². The Morgan fingerprint density at radius 2 is 1.15 bits per heavy atom. The first-order chi connectivity index (χ1) is 13.2. The van der Waals surface area contributed by atoms with Gasteiger partial charge in [0.25, 0.3) is 0 Å². The molecule has 0 heterocycles. The van der Waals surface area contributed by atoms with Crippen LogP contribution >= 0.6 is 0 Å². The summed E-state index contributed by atoms with van der Waals surface area (Å²) in [6.45, 7) is 4.52. The predicted molar refractivity (Wildman–Crippen MR) is 119 cm³/mol. The van der Waals surface area contributed by atoms with Crippen molar-refractivity contribution in [3.8, 4) is 0 Å². The summed E-state index contributed by atoms with van der Waals surface area (Å²) in [6, 6.07) is 0. The fourth-order valence-corrected chi connectivity index (χ4v) is 3.65. The summed E-state index contributed by atoms with van der Waals surface area (Å²) in [5, 5.41) is 8.60. The maximum absolute atomic E-state index is 10.4. The van der Waals surface area contributed by atoms with Gasteiger partial charge in [0.05, 0.1) is 0 Å². The molecule has 0 rings (SSSR count). The molecule has 0 aliphatic carbocycles. The molecule has 0 aliphatic rings. The summed E-state index contributed by atoms with van der Waals surface area (Å²) in [5.41, 5.74) is 0. The number of aliphatic carboxylic acids is 1. The minimum Gasteiger partial charge on any atom is -0.481 e. The third-order valence-electron chi connectivity index (χ3n) is 5.50. The number of hydrogen-bond acceptors (Lipinski definition) is 1. The molecule has 27 heavy (non-hydrogen) atoms. The van der Waals surface area contributed by atoms with Gasteiger partial charge in [0.15, 0.2) is 0 Å². The van der Waals surface area contributed by atoms with Crippen molar-refractivity contribution >= 4 is 5.97 Å². The topological polar surface area (TPSA) is 37.3 Å². The summed E-state index contributed by atoms with van der Waals surface area (Å²) in [5.74, 6) is -0.115. The van der Waals surface area contributed by atoms with Crippen LogP contribution in [0.4, 0.5) is 0 Å². The van der Waals surface area contributed by atoms with E-state index >= 15 is 0 Å². The van der Waals surface area contributed by atoms with Crippen molar-refractivity contribution in [2.75, 3.05) is 0 Å². The molecule has 0 aromatic heterocycles. The summed E-state index contributed by atoms with van der Waals surface area (Å²) in [4.78, 5) is 10.4. The van der Waals surface area contributed by atoms with E-state index in [1.165, 1.54) is 109 Å². The van der Waals surface area contributed by atoms with Crippen molar-refractivity contribution in [2.24, 2.45) is 5.92 Å². The standard InChI is InChI=1S/C25H48O2/c1-3-4-5-6-7-8-9-10-11-12-13-14-15-16-17-18-21-24(2)22-19-20-23-25(26)27/h19,22,24H,3-18,20-21,23H2,1-2H3,(H,26,27). The molecule has 0 spiro atoms. The Kier molecular flexibility index (Phi) is 20.9. The van der Waals surface area contributed by atoms with E-state index in [1.807, 2.05) is 6.08 Å². The van der Waals surface area contributed by atoms with Gasteiger partial charge in [0, 0.05) is 6.42 Å². The lowest BCUT2D eigenvalue weighted by atomic mass is 10.0. The molecule has 160 valence electrons. The van der Waals surface area contributed by atoms with Gasteiger partial charge in [0.2, 0.25) is 0 Å². The zero-order chi connectivity index (χ0) is 20.0. The number of carbonyl (C=O) groups is 1. The number of hydrogen-bond donors (Lipinski definition) is 1. The van der Waals surface area contributed by atoms with Gasteiger partial charge in [-0.3, -0.25) is 4.79 Å². The van der Waals surface area contributed by atoms with Gasteiger partial charge in [-0.2, -0.15) is 0 Å². The first-order valence-electron chi connectivity index (χ1n) is 12.0. The van der Waals surface area contributed by atoms with Crippen molar-refractivity contribution in [1.82, 2.24) is 0 Å². The van der Waals surface area contributed by atoms with Gasteiger partial charge in [-0.05, 0) is 18.8 Å². The number of carboxylic acids is 1. The van der Waals surface area contributed by atoms with Crippen LogP contribution in [-0.2, 0) is 4.79 Å². The average molecular weight is 381 g/mol. The van der Waals surface area contributed by atoms with Crippen LogP contribution in [0.25, 0.3) is 0 Å². The highest BCUT2D eigenvalue weighted by molar-refractivity contribution is 5.66. The van der Waals surface area contributed by atoms with Crippen molar-refractivity contribution in [3.05, 3.63) is 12.2 Å². The number of allylic oxidation sites excluding steroid dienone is 2. The smallest absolute Gasteiger partial charge is 0.303 e. The molecule has 0 aliphatic heterocycles. The largest absolute Gasteiger partial charge is 0.481 e. The Morgan fingerprint density at radius 1 is 0.741 bits per heavy atom. The lowest BCUT2D eigenvalue weighted by molar-refractivity contribution is -0.136. The first kappa shape index (κ1) is 26.2. The van der Waals surface area contributed by atoms with Gasteiger partial charge in [-0.1, -0.05) is 129 Å². The summed E-state index contributed by atoms with van der Waals surface area (Å²) < 4.78 is 0. The zero-order valence-electron chi connectivity index (χ0n) is 18.5. The van der Waals surface area contributed by atoms with Gasteiger partial charge in [-0.25, -0.2) is 0 Å². The second-order valence-corrected chi connectivity index (χ2v) is 8.43. The van der Waals surface area contributed by atoms with Crippen LogP contribution in [0, 0.1) is 5.92 Å². The molecule has 0 amide bonds. The second-order valence-electron chi connectivity index (χ2n) is 8.43. The van der Waals surface area contributed by atoms with E-state index in [0.717, 1.165) is 0 Å². The van der Waals surface area contributed by atoms with Crippen molar-refractivity contribution < 1.29 is 9.90 Å². The minimum atomic E-state index is -0.704. The predicted octanol–water partition coefficient (Wildman–Crippen LogP) is 8.70. The Hall–Kier alpha value is -0.790. The Labute approximate surface area is 170 Å². The van der Waals surface area contributed by atoms with E-state index in [0.29, 0.717) is 12.3 Å². The number of unbranched alkanes of at least 4 members (excludes halogenated alkanes) is 15. The van der Waals surface area contributed by atoms with Crippen molar-refractivity contribution in [2.45, 2.75) is 136 Å². The maximum atomic E-state index is 10.4. The quantitative estimate of drug-likeness (QED) is 0.160. The van der Waals surface area contributed by atoms with Crippen LogP contribution in [-0.4, -0.2) is 11.1 Å². The maximum Gasteiger partial charge on any atom is 0.303 e. The lowest BCUT2D eigenvalue weighted by Crippen LogP contribution is -1.93. The molecule has 0 aromatic rings. The molecular weight excluding hydrogens is 332 g/mol. The third kappa shape index (κ3) is 23.2. The Balaban J connectivity index is 3.17. The zero-order valence-corrected chi connectivity index (χ0v) is 18.5. The van der Waals surface area contributed by atoms with E-state index in [-0.39, 0.29) is 6.42 Å². The molecule has 1 unspecified atom stereocenters. The van der Waals surface area contributed by atoms with Gasteiger partial charge < -0.3 is 5.11 Å². The Morgan fingerprint density at radius 3 is 1.56 bits per heavy atom. The lowest BCUT2D eigenvalue weighted by Gasteiger charge is -2.06. The van der Waals surface area contributed by atoms with E-state index in [4.69, 9.17) is 5.11 Å². The highest BCUT2D eigenvalue weighted by atomic mass is 16.4. The summed E-state index contributed by atoms with van der Waals surface area (Å²) >= 11 is 0. The van der Waals surface area contributed by atoms with Crippen LogP contribution in [0.3, 0.4) is 0 Å². The van der Waals surface area contributed by atoms with Crippen LogP contribution in [0.2, 0.25) is 0 Å². The first-order valence-corrected chi connectivity index (χ1v) is 12.0.